The molecule has 0 N–H and O–H groups in total. The molecule has 0 fully saturated rings. The van der Waals surface area contributed by atoms with Crippen molar-refractivity contribution in [3.63, 3.8) is 0 Å². The largest absolute Gasteiger partial charge is 0.309 e. The SMILES string of the molecule is c1ccc(-c2nc(-c3ccccc3-c3cc4ccc5cccc6c7cccc8ccc9cccc(c(c3)c4c56)c9c87)cc(-c3cccc4c3c3ccccc3n4-c3ccccc3)n2)cc1. The number of fused-ring (bicyclic) bond motifs is 5. The Morgan fingerprint density at radius 3 is 1.46 bits per heavy atom. The van der Waals surface area contributed by atoms with Gasteiger partial charge in [-0.3, -0.25) is 0 Å². The van der Waals surface area contributed by atoms with Gasteiger partial charge in [0.1, 0.15) is 0 Å². The normalized spacial score (nSPS) is 12.0. The highest BCUT2D eigenvalue weighted by molar-refractivity contribution is 6.37. The summed E-state index contributed by atoms with van der Waals surface area (Å²) in [6, 6.07) is 81.7. The molecule has 0 unspecified atom stereocenters. The number of rotatable bonds is 5. The van der Waals surface area contributed by atoms with Gasteiger partial charge in [0.15, 0.2) is 5.82 Å². The number of aromatic nitrogens is 3. The molecule has 0 radical (unpaired) electrons. The number of hydrogen-bond acceptors (Lipinski definition) is 2. The predicted octanol–water partition coefficient (Wildman–Crippen LogP) is 16.6. The fourth-order valence-electron chi connectivity index (χ4n) is 10.9. The Labute approximate surface area is 374 Å². The number of benzene rings is 11. The fraction of sp³-hybridized carbons (Fsp3) is 0. The van der Waals surface area contributed by atoms with E-state index in [0.29, 0.717) is 5.82 Å². The lowest BCUT2D eigenvalue weighted by Crippen LogP contribution is -1.98. The van der Waals surface area contributed by atoms with Crippen molar-refractivity contribution in [1.29, 1.82) is 0 Å². The molecule has 0 saturated heterocycles. The molecule has 0 aliphatic rings. The molecule has 14 aromatic rings. The number of para-hydroxylation sites is 2. The van der Waals surface area contributed by atoms with Gasteiger partial charge in [0.25, 0.3) is 0 Å². The zero-order valence-corrected chi connectivity index (χ0v) is 35.2. The Morgan fingerprint density at radius 1 is 0.277 bits per heavy atom. The molecule has 0 saturated carbocycles. The van der Waals surface area contributed by atoms with E-state index in [9.17, 15) is 0 Å². The highest BCUT2D eigenvalue weighted by Crippen LogP contribution is 2.46. The minimum Gasteiger partial charge on any atom is -0.309 e. The van der Waals surface area contributed by atoms with E-state index in [1.807, 2.05) is 6.07 Å². The summed E-state index contributed by atoms with van der Waals surface area (Å²) in [4.78, 5) is 10.8. The molecular weight excluding hydrogens is 787 g/mol. The molecule has 0 spiro atoms. The van der Waals surface area contributed by atoms with E-state index in [0.717, 1.165) is 55.9 Å². The van der Waals surface area contributed by atoms with Gasteiger partial charge in [0, 0.05) is 33.2 Å². The van der Waals surface area contributed by atoms with Crippen molar-refractivity contribution in [2.45, 2.75) is 0 Å². The maximum absolute atomic E-state index is 5.43. The van der Waals surface area contributed by atoms with E-state index in [4.69, 9.17) is 9.97 Å². The van der Waals surface area contributed by atoms with Crippen LogP contribution < -0.4 is 0 Å². The molecule has 14 rings (SSSR count). The van der Waals surface area contributed by atoms with Gasteiger partial charge >= 0.3 is 0 Å². The topological polar surface area (TPSA) is 30.7 Å². The molecular formula is C62H37N3. The maximum atomic E-state index is 5.43. The lowest BCUT2D eigenvalue weighted by atomic mass is 9.86. The molecule has 12 aromatic carbocycles. The van der Waals surface area contributed by atoms with Crippen LogP contribution in [-0.4, -0.2) is 14.5 Å². The van der Waals surface area contributed by atoms with E-state index < -0.39 is 0 Å². The van der Waals surface area contributed by atoms with Crippen LogP contribution in [0.3, 0.4) is 0 Å². The molecule has 0 aliphatic heterocycles. The van der Waals surface area contributed by atoms with Crippen LogP contribution in [0.2, 0.25) is 0 Å². The lowest BCUT2D eigenvalue weighted by Gasteiger charge is -2.18. The highest BCUT2D eigenvalue weighted by atomic mass is 15.0. The van der Waals surface area contributed by atoms with Crippen molar-refractivity contribution in [3.8, 4) is 50.7 Å². The van der Waals surface area contributed by atoms with Crippen molar-refractivity contribution < 1.29 is 0 Å². The summed E-state index contributed by atoms with van der Waals surface area (Å²) < 4.78 is 2.37. The monoisotopic (exact) mass is 823 g/mol. The second kappa shape index (κ2) is 13.9. The first-order valence-electron chi connectivity index (χ1n) is 22.3. The molecule has 0 atom stereocenters. The maximum Gasteiger partial charge on any atom is 0.160 e. The van der Waals surface area contributed by atoms with Crippen LogP contribution in [0.5, 0.6) is 0 Å². The predicted molar refractivity (Wildman–Crippen MR) is 274 cm³/mol. The summed E-state index contributed by atoms with van der Waals surface area (Å²) in [5.41, 5.74) is 10.5. The van der Waals surface area contributed by atoms with Crippen LogP contribution in [0, 0.1) is 0 Å². The van der Waals surface area contributed by atoms with Crippen molar-refractivity contribution in [1.82, 2.24) is 14.5 Å². The first-order chi connectivity index (χ1) is 32.2. The van der Waals surface area contributed by atoms with Crippen LogP contribution >= 0.6 is 0 Å². The Morgan fingerprint density at radius 2 is 0.769 bits per heavy atom. The second-order valence-electron chi connectivity index (χ2n) is 17.2. The van der Waals surface area contributed by atoms with Crippen LogP contribution in [0.15, 0.2) is 224 Å². The molecule has 3 nitrogen and oxygen atoms in total. The number of nitrogens with zero attached hydrogens (tertiary/aromatic N) is 3. The van der Waals surface area contributed by atoms with E-state index in [2.05, 4.69) is 223 Å². The highest BCUT2D eigenvalue weighted by Gasteiger charge is 2.21. The zero-order chi connectivity index (χ0) is 42.6. The second-order valence-corrected chi connectivity index (χ2v) is 17.2. The van der Waals surface area contributed by atoms with Crippen LogP contribution in [-0.2, 0) is 0 Å². The van der Waals surface area contributed by atoms with Gasteiger partial charge in [-0.2, -0.15) is 0 Å². The van der Waals surface area contributed by atoms with E-state index in [-0.39, 0.29) is 0 Å². The molecule has 2 aromatic heterocycles. The van der Waals surface area contributed by atoms with Crippen molar-refractivity contribution in [2.24, 2.45) is 0 Å². The molecule has 0 bridgehead atoms. The van der Waals surface area contributed by atoms with Crippen LogP contribution in [0.25, 0.3) is 137 Å². The summed E-state index contributed by atoms with van der Waals surface area (Å²) in [5.74, 6) is 0.690. The van der Waals surface area contributed by atoms with Crippen LogP contribution in [0.4, 0.5) is 0 Å². The molecule has 0 amide bonds. The minimum atomic E-state index is 0.690. The quantitative estimate of drug-likeness (QED) is 0.162. The van der Waals surface area contributed by atoms with Crippen molar-refractivity contribution in [3.05, 3.63) is 224 Å². The Bertz CT molecular complexity index is 4220. The molecule has 300 valence electrons. The third kappa shape index (κ3) is 5.36. The summed E-state index contributed by atoms with van der Waals surface area (Å²) >= 11 is 0. The van der Waals surface area contributed by atoms with Gasteiger partial charge in [-0.1, -0.05) is 182 Å². The van der Waals surface area contributed by atoms with E-state index in [1.165, 1.54) is 75.4 Å². The van der Waals surface area contributed by atoms with Gasteiger partial charge in [0.2, 0.25) is 0 Å². The first-order valence-corrected chi connectivity index (χ1v) is 22.3. The third-order valence-corrected chi connectivity index (χ3v) is 13.7. The summed E-state index contributed by atoms with van der Waals surface area (Å²) in [5, 5.41) is 17.6. The summed E-state index contributed by atoms with van der Waals surface area (Å²) in [7, 11) is 0. The van der Waals surface area contributed by atoms with Gasteiger partial charge in [-0.05, 0) is 118 Å². The lowest BCUT2D eigenvalue weighted by molar-refractivity contribution is 1.18. The molecule has 65 heavy (non-hydrogen) atoms. The average Bonchev–Trinajstić information content (AvgIpc) is 3.72. The summed E-state index contributed by atoms with van der Waals surface area (Å²) in [6.45, 7) is 0. The Balaban J connectivity index is 1.06. The molecule has 3 heteroatoms. The third-order valence-electron chi connectivity index (χ3n) is 13.7. The fourth-order valence-corrected chi connectivity index (χ4v) is 10.9. The zero-order valence-electron chi connectivity index (χ0n) is 35.2. The van der Waals surface area contributed by atoms with Crippen LogP contribution in [0.1, 0.15) is 0 Å². The first kappa shape index (κ1) is 35.9. The molecule has 2 heterocycles. The smallest absolute Gasteiger partial charge is 0.160 e. The van der Waals surface area contributed by atoms with E-state index in [1.54, 1.807) is 0 Å². The van der Waals surface area contributed by atoms with E-state index >= 15 is 0 Å². The Kier molecular flexibility index (Phi) is 7.69. The van der Waals surface area contributed by atoms with Crippen molar-refractivity contribution >= 4 is 86.4 Å². The minimum absolute atomic E-state index is 0.690. The summed E-state index contributed by atoms with van der Waals surface area (Å²) in [6.07, 6.45) is 0. The van der Waals surface area contributed by atoms with Gasteiger partial charge in [-0.15, -0.1) is 0 Å². The average molecular weight is 824 g/mol. The standard InChI is InChI=1S/C62H37N3/c1-3-15-41(16-4-1)62-63-53(37-54(64-62)50-28-14-30-56-61(50)51-24-9-10-29-55(51)65(56)44-20-5-2-6-21-44)46-23-8-7-22-45(46)43-35-42-34-33-40-18-12-26-48-47-25-11-17-38-31-32-39-19-13-27-49(59(39)57(38)47)52(36-43)60(42)58(40)48/h1-37H. The van der Waals surface area contributed by atoms with Gasteiger partial charge in [-0.25, -0.2) is 9.97 Å². The van der Waals surface area contributed by atoms with Crippen molar-refractivity contribution in [2.75, 3.05) is 0 Å². The van der Waals surface area contributed by atoms with Gasteiger partial charge < -0.3 is 4.57 Å². The van der Waals surface area contributed by atoms with Gasteiger partial charge in [0.05, 0.1) is 22.4 Å². The number of hydrogen-bond donors (Lipinski definition) is 0. The molecule has 0 aliphatic carbocycles. The Hall–Kier alpha value is -8.66.